The number of nitrogens with zero attached hydrogens (tertiary/aromatic N) is 1. The fourth-order valence-corrected chi connectivity index (χ4v) is 2.33. The van der Waals surface area contributed by atoms with E-state index < -0.39 is 5.97 Å². The van der Waals surface area contributed by atoms with Gasteiger partial charge in [0.2, 0.25) is 0 Å². The van der Waals surface area contributed by atoms with Gasteiger partial charge in [-0.3, -0.25) is 0 Å². The van der Waals surface area contributed by atoms with E-state index in [9.17, 15) is 4.79 Å². The van der Waals surface area contributed by atoms with E-state index in [0.29, 0.717) is 6.54 Å². The molecule has 1 aromatic rings. The van der Waals surface area contributed by atoms with E-state index in [1.807, 2.05) is 6.07 Å². The van der Waals surface area contributed by atoms with Gasteiger partial charge in [0.25, 0.3) is 0 Å². The second kappa shape index (κ2) is 4.84. The van der Waals surface area contributed by atoms with Gasteiger partial charge in [0.05, 0.1) is 5.69 Å². The lowest BCUT2D eigenvalue weighted by atomic mass is 10.0. The average molecular weight is 234 g/mol. The number of pyridine rings is 1. The lowest BCUT2D eigenvalue weighted by molar-refractivity contribution is 0.0690. The maximum atomic E-state index is 10.8. The summed E-state index contributed by atoms with van der Waals surface area (Å²) in [6, 6.07) is 5.12. The Morgan fingerprint density at radius 3 is 2.82 bits per heavy atom. The van der Waals surface area contributed by atoms with Crippen molar-refractivity contribution >= 4 is 5.97 Å². The molecule has 2 N–H and O–H groups in total. The van der Waals surface area contributed by atoms with Crippen LogP contribution in [0.5, 0.6) is 0 Å². The second-order valence-electron chi connectivity index (χ2n) is 4.94. The molecule has 0 unspecified atom stereocenters. The monoisotopic (exact) mass is 234 g/mol. The third-order valence-corrected chi connectivity index (χ3v) is 3.43. The summed E-state index contributed by atoms with van der Waals surface area (Å²) in [4.78, 5) is 14.9. The molecule has 0 radical (unpaired) electrons. The van der Waals surface area contributed by atoms with Crippen molar-refractivity contribution in [1.82, 2.24) is 10.3 Å². The summed E-state index contributed by atoms with van der Waals surface area (Å²) in [5.41, 5.74) is 1.10. The average Bonchev–Trinajstić information content (AvgIpc) is 2.75. The lowest BCUT2D eigenvalue weighted by Crippen LogP contribution is -2.39. The van der Waals surface area contributed by atoms with Gasteiger partial charge in [-0.15, -0.1) is 0 Å². The van der Waals surface area contributed by atoms with Crippen molar-refractivity contribution in [3.8, 4) is 0 Å². The van der Waals surface area contributed by atoms with Gasteiger partial charge >= 0.3 is 5.97 Å². The van der Waals surface area contributed by atoms with Crippen LogP contribution in [0.3, 0.4) is 0 Å². The summed E-state index contributed by atoms with van der Waals surface area (Å²) in [5.74, 6) is -0.973. The molecule has 1 fully saturated rings. The smallest absolute Gasteiger partial charge is 0.354 e. The highest BCUT2D eigenvalue weighted by Crippen LogP contribution is 2.28. The second-order valence-corrected chi connectivity index (χ2v) is 4.94. The van der Waals surface area contributed by atoms with Gasteiger partial charge in [-0.05, 0) is 31.9 Å². The van der Waals surface area contributed by atoms with Gasteiger partial charge in [-0.25, -0.2) is 9.78 Å². The zero-order valence-electron chi connectivity index (χ0n) is 10.1. The van der Waals surface area contributed by atoms with Crippen LogP contribution in [0.1, 0.15) is 48.8 Å². The summed E-state index contributed by atoms with van der Waals surface area (Å²) < 4.78 is 0. The Kier molecular flexibility index (Phi) is 3.43. The van der Waals surface area contributed by atoms with Gasteiger partial charge in [-0.1, -0.05) is 18.9 Å². The molecule has 2 rings (SSSR count). The molecule has 1 aromatic heterocycles. The molecule has 4 heteroatoms. The molecule has 1 aliphatic rings. The van der Waals surface area contributed by atoms with E-state index in [2.05, 4.69) is 17.2 Å². The Bertz CT molecular complexity index is 412. The van der Waals surface area contributed by atoms with Crippen LogP contribution in [-0.4, -0.2) is 21.6 Å². The minimum absolute atomic E-state index is 0.112. The van der Waals surface area contributed by atoms with Gasteiger partial charge in [0.15, 0.2) is 0 Å². The van der Waals surface area contributed by atoms with Gasteiger partial charge in [-0.2, -0.15) is 0 Å². The Morgan fingerprint density at radius 1 is 1.47 bits per heavy atom. The highest BCUT2D eigenvalue weighted by atomic mass is 16.4. The van der Waals surface area contributed by atoms with Crippen molar-refractivity contribution < 1.29 is 9.90 Å². The van der Waals surface area contributed by atoms with Crippen LogP contribution in [0.25, 0.3) is 0 Å². The quantitative estimate of drug-likeness (QED) is 0.838. The maximum absolute atomic E-state index is 10.8. The summed E-state index contributed by atoms with van der Waals surface area (Å²) in [7, 11) is 0. The van der Waals surface area contributed by atoms with E-state index in [1.54, 1.807) is 6.07 Å². The molecule has 0 aliphatic heterocycles. The van der Waals surface area contributed by atoms with Gasteiger partial charge in [0.1, 0.15) is 5.69 Å². The van der Waals surface area contributed by atoms with Crippen LogP contribution >= 0.6 is 0 Å². The van der Waals surface area contributed by atoms with Crippen LogP contribution in [0, 0.1) is 0 Å². The van der Waals surface area contributed by atoms with Crippen molar-refractivity contribution in [1.29, 1.82) is 0 Å². The van der Waals surface area contributed by atoms with Crippen molar-refractivity contribution in [2.45, 2.75) is 44.7 Å². The Morgan fingerprint density at radius 2 is 2.18 bits per heavy atom. The normalized spacial score (nSPS) is 18.2. The van der Waals surface area contributed by atoms with Gasteiger partial charge < -0.3 is 10.4 Å². The van der Waals surface area contributed by atoms with E-state index in [-0.39, 0.29) is 11.2 Å². The van der Waals surface area contributed by atoms with Crippen molar-refractivity contribution in [2.24, 2.45) is 0 Å². The highest BCUT2D eigenvalue weighted by Gasteiger charge is 2.27. The number of carbonyl (C=O) groups is 1. The predicted octanol–water partition coefficient (Wildman–Crippen LogP) is 2.20. The van der Waals surface area contributed by atoms with Crippen LogP contribution in [0.15, 0.2) is 18.2 Å². The molecule has 0 spiro atoms. The predicted molar refractivity (Wildman–Crippen MR) is 64.9 cm³/mol. The molecule has 1 aliphatic carbocycles. The number of aromatic nitrogens is 1. The molecule has 4 nitrogen and oxygen atoms in total. The zero-order valence-corrected chi connectivity index (χ0v) is 10.1. The number of nitrogens with one attached hydrogen (secondary N) is 1. The first-order chi connectivity index (χ1) is 8.09. The first-order valence-electron chi connectivity index (χ1n) is 6.03. The SMILES string of the molecule is CC1(NCc2cccc(C(=O)O)n2)CCCC1. The van der Waals surface area contributed by atoms with E-state index in [0.717, 1.165) is 5.69 Å². The van der Waals surface area contributed by atoms with Crippen molar-refractivity contribution in [3.63, 3.8) is 0 Å². The Balaban J connectivity index is 1.99. The molecule has 92 valence electrons. The Labute approximate surface area is 101 Å². The summed E-state index contributed by atoms with van der Waals surface area (Å²) >= 11 is 0. The Hall–Kier alpha value is -1.42. The minimum atomic E-state index is -0.973. The summed E-state index contributed by atoms with van der Waals surface area (Å²) in [5, 5.41) is 12.3. The van der Waals surface area contributed by atoms with Crippen LogP contribution in [-0.2, 0) is 6.54 Å². The fraction of sp³-hybridized carbons (Fsp3) is 0.538. The molecule has 0 atom stereocenters. The molecular weight excluding hydrogens is 216 g/mol. The summed E-state index contributed by atoms with van der Waals surface area (Å²) in [6.07, 6.45) is 4.91. The number of carboxylic acids is 1. The molecule has 1 saturated carbocycles. The van der Waals surface area contributed by atoms with Crippen molar-refractivity contribution in [2.75, 3.05) is 0 Å². The van der Waals surface area contributed by atoms with Crippen molar-refractivity contribution in [3.05, 3.63) is 29.6 Å². The van der Waals surface area contributed by atoms with E-state index in [4.69, 9.17) is 5.11 Å². The molecule has 0 amide bonds. The minimum Gasteiger partial charge on any atom is -0.477 e. The molecule has 1 heterocycles. The lowest BCUT2D eigenvalue weighted by Gasteiger charge is -2.25. The van der Waals surface area contributed by atoms with E-state index >= 15 is 0 Å². The third-order valence-electron chi connectivity index (χ3n) is 3.43. The van der Waals surface area contributed by atoms with Crippen LogP contribution < -0.4 is 5.32 Å². The third kappa shape index (κ3) is 3.03. The molecular formula is C13H18N2O2. The molecule has 0 saturated heterocycles. The van der Waals surface area contributed by atoms with E-state index in [1.165, 1.54) is 31.7 Å². The fourth-order valence-electron chi connectivity index (χ4n) is 2.33. The number of aromatic carboxylic acids is 1. The van der Waals surface area contributed by atoms with Gasteiger partial charge in [0, 0.05) is 12.1 Å². The standard InChI is InChI=1S/C13H18N2O2/c1-13(7-2-3-8-13)14-9-10-5-4-6-11(15-10)12(16)17/h4-6,14H,2-3,7-9H2,1H3,(H,16,17). The summed E-state index contributed by atoms with van der Waals surface area (Å²) in [6.45, 7) is 2.86. The number of hydrogen-bond donors (Lipinski definition) is 2. The zero-order chi connectivity index (χ0) is 12.3. The maximum Gasteiger partial charge on any atom is 0.354 e. The highest BCUT2D eigenvalue weighted by molar-refractivity contribution is 5.85. The van der Waals surface area contributed by atoms with Crippen LogP contribution in [0.4, 0.5) is 0 Å². The first-order valence-corrected chi connectivity index (χ1v) is 6.03. The van der Waals surface area contributed by atoms with Crippen LogP contribution in [0.2, 0.25) is 0 Å². The number of carboxylic acid groups (broad SMARTS) is 1. The molecule has 0 bridgehead atoms. The number of rotatable bonds is 4. The number of hydrogen-bond acceptors (Lipinski definition) is 3. The first kappa shape index (κ1) is 12.0. The largest absolute Gasteiger partial charge is 0.477 e. The molecule has 17 heavy (non-hydrogen) atoms. The topological polar surface area (TPSA) is 62.2 Å². The molecule has 0 aromatic carbocycles.